The summed E-state index contributed by atoms with van der Waals surface area (Å²) in [5.74, 6) is 0.652. The molecule has 0 aliphatic heterocycles. The molecule has 0 aliphatic carbocycles. The van der Waals surface area contributed by atoms with Crippen LogP contribution >= 0.6 is 0 Å². The standard InChI is InChI=1S/C12H7N5O/c13-5-8-4-11(14)17-12(16-8)7-1-2-9-10(3-7)18-6-15-9/h1-4,6H,(H2,14,16,17). The van der Waals surface area contributed by atoms with Crippen LogP contribution in [0.25, 0.3) is 22.5 Å². The Balaban J connectivity index is 2.19. The molecule has 6 heteroatoms. The number of rotatable bonds is 1. The molecule has 2 heterocycles. The number of nitriles is 1. The summed E-state index contributed by atoms with van der Waals surface area (Å²) in [5.41, 5.74) is 7.97. The minimum Gasteiger partial charge on any atom is -0.443 e. The van der Waals surface area contributed by atoms with E-state index in [-0.39, 0.29) is 11.5 Å². The maximum Gasteiger partial charge on any atom is 0.181 e. The number of nitrogens with two attached hydrogens (primary N) is 1. The van der Waals surface area contributed by atoms with Gasteiger partial charge in [-0.3, -0.25) is 0 Å². The minimum absolute atomic E-state index is 0.232. The van der Waals surface area contributed by atoms with Crippen LogP contribution in [-0.2, 0) is 0 Å². The molecule has 0 spiro atoms. The number of anilines is 1. The first kappa shape index (κ1) is 10.2. The first-order valence-electron chi connectivity index (χ1n) is 5.14. The Labute approximate surface area is 102 Å². The van der Waals surface area contributed by atoms with Crippen molar-refractivity contribution in [2.75, 3.05) is 5.73 Å². The van der Waals surface area contributed by atoms with Gasteiger partial charge in [-0.25, -0.2) is 15.0 Å². The Bertz CT molecular complexity index is 771. The van der Waals surface area contributed by atoms with Crippen molar-refractivity contribution in [3.8, 4) is 17.5 Å². The lowest BCUT2D eigenvalue weighted by molar-refractivity contribution is 0.602. The topological polar surface area (TPSA) is 102 Å². The van der Waals surface area contributed by atoms with E-state index in [9.17, 15) is 0 Å². The smallest absolute Gasteiger partial charge is 0.181 e. The highest BCUT2D eigenvalue weighted by atomic mass is 16.3. The number of hydrogen-bond acceptors (Lipinski definition) is 6. The van der Waals surface area contributed by atoms with Gasteiger partial charge in [0.1, 0.15) is 23.1 Å². The Kier molecular flexibility index (Phi) is 2.17. The van der Waals surface area contributed by atoms with Crippen molar-refractivity contribution in [1.29, 1.82) is 5.26 Å². The van der Waals surface area contributed by atoms with Gasteiger partial charge in [0.2, 0.25) is 0 Å². The van der Waals surface area contributed by atoms with E-state index in [2.05, 4.69) is 15.0 Å². The third-order valence-electron chi connectivity index (χ3n) is 2.45. The Hall–Kier alpha value is -2.94. The monoisotopic (exact) mass is 237 g/mol. The number of fused-ring (bicyclic) bond motifs is 1. The lowest BCUT2D eigenvalue weighted by Crippen LogP contribution is -1.98. The molecule has 0 aliphatic rings. The first-order valence-corrected chi connectivity index (χ1v) is 5.14. The average molecular weight is 237 g/mol. The van der Waals surface area contributed by atoms with Gasteiger partial charge in [-0.05, 0) is 18.2 Å². The van der Waals surface area contributed by atoms with Crippen LogP contribution < -0.4 is 5.73 Å². The molecule has 6 nitrogen and oxygen atoms in total. The SMILES string of the molecule is N#Cc1cc(N)nc(-c2ccc3ncoc3c2)n1. The van der Waals surface area contributed by atoms with Gasteiger partial charge in [-0.1, -0.05) is 0 Å². The molecular weight excluding hydrogens is 230 g/mol. The van der Waals surface area contributed by atoms with Gasteiger partial charge in [0.25, 0.3) is 0 Å². The van der Waals surface area contributed by atoms with Crippen LogP contribution in [0.4, 0.5) is 5.82 Å². The molecule has 86 valence electrons. The fraction of sp³-hybridized carbons (Fsp3) is 0. The number of nitrogen functional groups attached to an aromatic ring is 1. The highest BCUT2D eigenvalue weighted by molar-refractivity contribution is 5.78. The second kappa shape index (κ2) is 3.82. The highest BCUT2D eigenvalue weighted by Gasteiger charge is 2.07. The predicted molar refractivity (Wildman–Crippen MR) is 64.2 cm³/mol. The fourth-order valence-corrected chi connectivity index (χ4v) is 1.65. The number of nitrogens with zero attached hydrogens (tertiary/aromatic N) is 4. The maximum absolute atomic E-state index is 8.85. The molecule has 0 bridgehead atoms. The number of benzene rings is 1. The van der Waals surface area contributed by atoms with Crippen molar-refractivity contribution >= 4 is 16.9 Å². The zero-order valence-electron chi connectivity index (χ0n) is 9.16. The molecular formula is C12H7N5O. The summed E-state index contributed by atoms with van der Waals surface area (Å²) in [6, 6.07) is 8.74. The summed E-state index contributed by atoms with van der Waals surface area (Å²) in [7, 11) is 0. The second-order valence-electron chi connectivity index (χ2n) is 3.65. The zero-order chi connectivity index (χ0) is 12.5. The molecule has 1 aromatic carbocycles. The van der Waals surface area contributed by atoms with Crippen molar-refractivity contribution in [3.63, 3.8) is 0 Å². The van der Waals surface area contributed by atoms with Crippen molar-refractivity contribution in [2.45, 2.75) is 0 Å². The lowest BCUT2D eigenvalue weighted by atomic mass is 10.2. The number of oxazole rings is 1. The first-order chi connectivity index (χ1) is 8.76. The van der Waals surface area contributed by atoms with Gasteiger partial charge < -0.3 is 10.2 Å². The van der Waals surface area contributed by atoms with E-state index >= 15 is 0 Å². The van der Waals surface area contributed by atoms with E-state index < -0.39 is 0 Å². The molecule has 2 aromatic heterocycles. The van der Waals surface area contributed by atoms with Gasteiger partial charge in [-0.2, -0.15) is 5.26 Å². The van der Waals surface area contributed by atoms with Crippen molar-refractivity contribution in [3.05, 3.63) is 36.4 Å². The van der Waals surface area contributed by atoms with Crippen LogP contribution in [0.5, 0.6) is 0 Å². The number of aromatic nitrogens is 3. The van der Waals surface area contributed by atoms with E-state index in [1.54, 1.807) is 18.2 Å². The molecule has 0 atom stereocenters. The van der Waals surface area contributed by atoms with Gasteiger partial charge in [0.15, 0.2) is 17.8 Å². The van der Waals surface area contributed by atoms with E-state index in [0.717, 1.165) is 11.1 Å². The summed E-state index contributed by atoms with van der Waals surface area (Å²) in [6.07, 6.45) is 1.37. The quantitative estimate of drug-likeness (QED) is 0.691. The Morgan fingerprint density at radius 2 is 2.11 bits per heavy atom. The summed E-state index contributed by atoms with van der Waals surface area (Å²) in [6.45, 7) is 0. The molecule has 0 radical (unpaired) electrons. The van der Waals surface area contributed by atoms with Crippen LogP contribution in [-0.4, -0.2) is 15.0 Å². The lowest BCUT2D eigenvalue weighted by Gasteiger charge is -2.01. The predicted octanol–water partition coefficient (Wildman–Crippen LogP) is 1.74. The van der Waals surface area contributed by atoms with Gasteiger partial charge >= 0.3 is 0 Å². The number of hydrogen-bond donors (Lipinski definition) is 1. The summed E-state index contributed by atoms with van der Waals surface area (Å²) in [5, 5.41) is 8.85. The molecule has 3 rings (SSSR count). The van der Waals surface area contributed by atoms with Crippen LogP contribution in [0.3, 0.4) is 0 Å². The second-order valence-corrected chi connectivity index (χ2v) is 3.65. The molecule has 0 saturated carbocycles. The zero-order valence-corrected chi connectivity index (χ0v) is 9.16. The maximum atomic E-state index is 8.85. The van der Waals surface area contributed by atoms with E-state index in [4.69, 9.17) is 15.4 Å². The van der Waals surface area contributed by atoms with Crippen molar-refractivity contribution in [2.24, 2.45) is 0 Å². The van der Waals surface area contributed by atoms with Crippen LogP contribution in [0.2, 0.25) is 0 Å². The molecule has 18 heavy (non-hydrogen) atoms. The summed E-state index contributed by atoms with van der Waals surface area (Å²) in [4.78, 5) is 12.2. The van der Waals surface area contributed by atoms with Crippen molar-refractivity contribution in [1.82, 2.24) is 15.0 Å². The third kappa shape index (κ3) is 1.64. The normalized spacial score (nSPS) is 10.4. The van der Waals surface area contributed by atoms with E-state index in [1.165, 1.54) is 12.5 Å². The average Bonchev–Trinajstić information content (AvgIpc) is 2.85. The minimum atomic E-state index is 0.232. The molecule has 3 aromatic rings. The molecule has 0 saturated heterocycles. The van der Waals surface area contributed by atoms with Gasteiger partial charge in [-0.15, -0.1) is 0 Å². The van der Waals surface area contributed by atoms with E-state index in [0.29, 0.717) is 11.4 Å². The largest absolute Gasteiger partial charge is 0.443 e. The van der Waals surface area contributed by atoms with Crippen molar-refractivity contribution < 1.29 is 4.42 Å². The third-order valence-corrected chi connectivity index (χ3v) is 2.45. The highest BCUT2D eigenvalue weighted by Crippen LogP contribution is 2.22. The van der Waals surface area contributed by atoms with Crippen LogP contribution in [0, 0.1) is 11.3 Å². The molecule has 2 N–H and O–H groups in total. The van der Waals surface area contributed by atoms with Crippen LogP contribution in [0.15, 0.2) is 35.1 Å². The summed E-state index contributed by atoms with van der Waals surface area (Å²) >= 11 is 0. The molecule has 0 unspecified atom stereocenters. The van der Waals surface area contributed by atoms with Gasteiger partial charge in [0, 0.05) is 11.6 Å². The van der Waals surface area contributed by atoms with Gasteiger partial charge in [0.05, 0.1) is 0 Å². The molecule has 0 amide bonds. The Morgan fingerprint density at radius 3 is 2.94 bits per heavy atom. The fourth-order valence-electron chi connectivity index (χ4n) is 1.65. The van der Waals surface area contributed by atoms with E-state index in [1.807, 2.05) is 6.07 Å². The van der Waals surface area contributed by atoms with Crippen LogP contribution in [0.1, 0.15) is 5.69 Å². The molecule has 0 fully saturated rings. The Morgan fingerprint density at radius 1 is 1.22 bits per heavy atom. The summed E-state index contributed by atoms with van der Waals surface area (Å²) < 4.78 is 5.20.